The molecule has 1 aromatic carbocycles. The summed E-state index contributed by atoms with van der Waals surface area (Å²) >= 11 is 0. The first-order valence-corrected chi connectivity index (χ1v) is 5.96. The van der Waals surface area contributed by atoms with E-state index >= 15 is 0 Å². The second kappa shape index (κ2) is 5.55. The van der Waals surface area contributed by atoms with Crippen molar-refractivity contribution in [1.82, 2.24) is 10.7 Å². The van der Waals surface area contributed by atoms with E-state index in [0.29, 0.717) is 12.2 Å². The minimum Gasteiger partial charge on any atom is -0.344 e. The van der Waals surface area contributed by atoms with Crippen LogP contribution in [0.15, 0.2) is 24.3 Å². The van der Waals surface area contributed by atoms with Crippen molar-refractivity contribution in [3.63, 3.8) is 0 Å². The smallest absolute Gasteiger partial charge is 0.165 e. The molecule has 0 atom stereocenters. The maximum Gasteiger partial charge on any atom is 0.165 e. The fourth-order valence-electron chi connectivity index (χ4n) is 2.76. The summed E-state index contributed by atoms with van der Waals surface area (Å²) in [6.45, 7) is 3.20. The molecule has 1 heterocycles. The first-order valence-electron chi connectivity index (χ1n) is 5.96. The summed E-state index contributed by atoms with van der Waals surface area (Å²) in [6, 6.07) is 8.26. The zero-order valence-electron chi connectivity index (χ0n) is 10.6. The number of hydrogen-bond acceptors (Lipinski definition) is 2. The Hall–Kier alpha value is -1.32. The van der Waals surface area contributed by atoms with Gasteiger partial charge in [-0.25, -0.2) is 0 Å². The van der Waals surface area contributed by atoms with Crippen LogP contribution in [-0.4, -0.2) is 10.4 Å². The van der Waals surface area contributed by atoms with Crippen LogP contribution in [-0.2, 0) is 13.0 Å². The lowest BCUT2D eigenvalue weighted by molar-refractivity contribution is 0.0996. The molecule has 0 fully saturated rings. The fraction of sp³-hybridized carbons (Fsp3) is 0.357. The lowest BCUT2D eigenvalue weighted by Crippen LogP contribution is -2.00. The van der Waals surface area contributed by atoms with Gasteiger partial charge >= 0.3 is 0 Å². The summed E-state index contributed by atoms with van der Waals surface area (Å²) in [5, 5.41) is 1.15. The fourth-order valence-corrected chi connectivity index (χ4v) is 2.76. The molecule has 3 rings (SSSR count). The third-order valence-corrected chi connectivity index (χ3v) is 3.39. The Morgan fingerprint density at radius 2 is 1.94 bits per heavy atom. The number of carbonyl (C=O) groups excluding carboxylic acids is 1. The molecule has 1 aliphatic carbocycles. The number of fused-ring (bicyclic) bond motifs is 3. The van der Waals surface area contributed by atoms with Crippen LogP contribution < -0.4 is 6.15 Å². The molecule has 98 valence electrons. The highest BCUT2D eigenvalue weighted by molar-refractivity contribution is 6.11. The minimum absolute atomic E-state index is 0. The predicted molar refractivity (Wildman–Crippen MR) is 77.2 cm³/mol. The van der Waals surface area contributed by atoms with Crippen molar-refractivity contribution < 1.29 is 4.79 Å². The molecule has 0 saturated carbocycles. The molecular weight excluding hydrogens is 248 g/mol. The number of halogens is 1. The molecule has 18 heavy (non-hydrogen) atoms. The maximum atomic E-state index is 11.9. The third-order valence-electron chi connectivity index (χ3n) is 3.39. The van der Waals surface area contributed by atoms with Crippen LogP contribution in [0.1, 0.15) is 35.8 Å². The molecule has 0 unspecified atom stereocenters. The van der Waals surface area contributed by atoms with Crippen molar-refractivity contribution in [2.75, 3.05) is 0 Å². The first-order chi connectivity index (χ1) is 7.83. The molecule has 0 spiro atoms. The number of hydrogen-bond donors (Lipinski definition) is 1. The SMILES string of the molecule is CCCn1c2c(c3ccccc31)C(=O)CC2.Cl.N. The average Bonchev–Trinajstić information content (AvgIpc) is 2.81. The van der Waals surface area contributed by atoms with Gasteiger partial charge in [0.05, 0.1) is 0 Å². The van der Waals surface area contributed by atoms with E-state index < -0.39 is 0 Å². The van der Waals surface area contributed by atoms with Gasteiger partial charge in [-0.1, -0.05) is 25.1 Å². The van der Waals surface area contributed by atoms with Crippen molar-refractivity contribution in [2.24, 2.45) is 0 Å². The Bertz CT molecular complexity index is 574. The summed E-state index contributed by atoms with van der Waals surface area (Å²) in [5.74, 6) is 0.320. The largest absolute Gasteiger partial charge is 0.344 e. The number of para-hydroxylation sites is 1. The number of aromatic nitrogens is 1. The number of nitrogens with zero attached hydrogens (tertiary/aromatic N) is 1. The van der Waals surface area contributed by atoms with Crippen LogP contribution in [0.4, 0.5) is 0 Å². The molecule has 3 nitrogen and oxygen atoms in total. The first kappa shape index (κ1) is 14.7. The molecule has 0 aliphatic heterocycles. The number of Topliss-reactive ketones (excluding diaryl/α,β-unsaturated/α-hetero) is 1. The van der Waals surface area contributed by atoms with Gasteiger partial charge in [-0.05, 0) is 18.9 Å². The Morgan fingerprint density at radius 1 is 1.22 bits per heavy atom. The van der Waals surface area contributed by atoms with Gasteiger partial charge in [0.1, 0.15) is 0 Å². The molecule has 0 bridgehead atoms. The quantitative estimate of drug-likeness (QED) is 0.900. The molecule has 1 aromatic heterocycles. The van der Waals surface area contributed by atoms with E-state index in [-0.39, 0.29) is 18.6 Å². The number of benzene rings is 1. The van der Waals surface area contributed by atoms with E-state index in [0.717, 1.165) is 30.3 Å². The van der Waals surface area contributed by atoms with E-state index in [1.54, 1.807) is 0 Å². The highest BCUT2D eigenvalue weighted by Gasteiger charge is 2.27. The number of aryl methyl sites for hydroxylation is 1. The monoisotopic (exact) mass is 266 g/mol. The van der Waals surface area contributed by atoms with Gasteiger partial charge in [0, 0.05) is 35.1 Å². The van der Waals surface area contributed by atoms with Gasteiger partial charge in [0.15, 0.2) is 5.78 Å². The normalized spacial score (nSPS) is 13.1. The Kier molecular flexibility index (Phi) is 4.54. The molecule has 3 N–H and O–H groups in total. The number of carbonyl (C=O) groups is 1. The van der Waals surface area contributed by atoms with Crippen molar-refractivity contribution >= 4 is 29.1 Å². The molecule has 0 saturated heterocycles. The Labute approximate surface area is 113 Å². The average molecular weight is 267 g/mol. The van der Waals surface area contributed by atoms with Gasteiger partial charge in [-0.3, -0.25) is 4.79 Å². The van der Waals surface area contributed by atoms with E-state index in [9.17, 15) is 4.79 Å². The van der Waals surface area contributed by atoms with Crippen LogP contribution in [0.5, 0.6) is 0 Å². The molecule has 0 radical (unpaired) electrons. The van der Waals surface area contributed by atoms with Crippen LogP contribution in [0.25, 0.3) is 10.9 Å². The maximum absolute atomic E-state index is 11.9. The van der Waals surface area contributed by atoms with E-state index in [4.69, 9.17) is 0 Å². The van der Waals surface area contributed by atoms with Gasteiger partial charge < -0.3 is 10.7 Å². The van der Waals surface area contributed by atoms with Gasteiger partial charge in [-0.2, -0.15) is 0 Å². The number of ketones is 1. The predicted octanol–water partition coefficient (Wildman–Crippen LogP) is 3.76. The Balaban J connectivity index is 0.000000810. The van der Waals surface area contributed by atoms with E-state index in [1.165, 1.54) is 11.2 Å². The Morgan fingerprint density at radius 3 is 2.67 bits per heavy atom. The van der Waals surface area contributed by atoms with E-state index in [1.807, 2.05) is 12.1 Å². The van der Waals surface area contributed by atoms with Crippen LogP contribution in [0, 0.1) is 0 Å². The molecule has 0 amide bonds. The third kappa shape index (κ3) is 1.93. The topological polar surface area (TPSA) is 57.0 Å². The molecule has 1 aliphatic rings. The standard InChI is InChI=1S/C14H15NO.ClH.H3N/c1-2-9-15-11-6-4-3-5-10(11)14-12(15)7-8-13(14)16;;/h3-6H,2,7-9H2,1H3;1H;1H3. The van der Waals surface area contributed by atoms with Crippen LogP contribution in [0.2, 0.25) is 0 Å². The van der Waals surface area contributed by atoms with Gasteiger partial charge in [0.2, 0.25) is 0 Å². The van der Waals surface area contributed by atoms with Crippen LogP contribution >= 0.6 is 12.4 Å². The van der Waals surface area contributed by atoms with Crippen molar-refractivity contribution in [3.8, 4) is 0 Å². The summed E-state index contributed by atoms with van der Waals surface area (Å²) in [7, 11) is 0. The second-order valence-electron chi connectivity index (χ2n) is 4.41. The van der Waals surface area contributed by atoms with Crippen molar-refractivity contribution in [3.05, 3.63) is 35.5 Å². The zero-order chi connectivity index (χ0) is 11.1. The summed E-state index contributed by atoms with van der Waals surface area (Å²) in [4.78, 5) is 11.9. The number of rotatable bonds is 2. The molecule has 4 heteroatoms. The highest BCUT2D eigenvalue weighted by Crippen LogP contribution is 2.32. The summed E-state index contributed by atoms with van der Waals surface area (Å²) < 4.78 is 2.33. The zero-order valence-corrected chi connectivity index (χ0v) is 11.4. The summed E-state index contributed by atoms with van der Waals surface area (Å²) in [6.07, 6.45) is 2.72. The van der Waals surface area contributed by atoms with E-state index in [2.05, 4.69) is 23.6 Å². The van der Waals surface area contributed by atoms with Crippen LogP contribution in [0.3, 0.4) is 0 Å². The lowest BCUT2D eigenvalue weighted by atomic mass is 10.1. The highest BCUT2D eigenvalue weighted by atomic mass is 35.5. The lowest BCUT2D eigenvalue weighted by Gasteiger charge is -2.06. The molecular formula is C14H19ClN2O. The summed E-state index contributed by atoms with van der Waals surface area (Å²) in [5.41, 5.74) is 3.47. The van der Waals surface area contributed by atoms with Crippen molar-refractivity contribution in [2.45, 2.75) is 32.7 Å². The van der Waals surface area contributed by atoms with Gasteiger partial charge in [-0.15, -0.1) is 12.4 Å². The van der Waals surface area contributed by atoms with Gasteiger partial charge in [0.25, 0.3) is 0 Å². The van der Waals surface area contributed by atoms with Crippen molar-refractivity contribution in [1.29, 1.82) is 0 Å². The minimum atomic E-state index is 0. The molecule has 2 aromatic rings. The second-order valence-corrected chi connectivity index (χ2v) is 4.41.